The number of amides is 4. The Hall–Kier alpha value is -4.84. The van der Waals surface area contributed by atoms with E-state index in [9.17, 15) is 29.7 Å². The van der Waals surface area contributed by atoms with Crippen molar-refractivity contribution in [1.29, 1.82) is 10.5 Å². The van der Waals surface area contributed by atoms with E-state index in [2.05, 4.69) is 22.1 Å². The zero-order valence-electron chi connectivity index (χ0n) is 26.8. The normalized spacial score (nSPS) is 41.4. The van der Waals surface area contributed by atoms with E-state index in [1.165, 1.54) is 0 Å². The number of piperazine rings is 2. The summed E-state index contributed by atoms with van der Waals surface area (Å²) >= 11 is 0. The third-order valence-electron chi connectivity index (χ3n) is 12.0. The molecule has 8 rings (SSSR count). The molecule has 12 heteroatoms. The van der Waals surface area contributed by atoms with Gasteiger partial charge >= 0.3 is 0 Å². The van der Waals surface area contributed by atoms with Gasteiger partial charge in [-0.2, -0.15) is 10.5 Å². The molecule has 46 heavy (non-hydrogen) atoms. The van der Waals surface area contributed by atoms with E-state index < -0.39 is 45.1 Å². The molecule has 0 saturated carbocycles. The number of nitriles is 2. The molecule has 236 valence electrons. The number of hydrogen-bond acceptors (Lipinski definition) is 8. The molecule has 8 heterocycles. The number of likely N-dealkylation sites (tertiary alicyclic amines) is 2. The Bertz CT molecular complexity index is 1680. The van der Waals surface area contributed by atoms with Crippen molar-refractivity contribution in [2.45, 2.75) is 87.6 Å². The van der Waals surface area contributed by atoms with Crippen LogP contribution in [0.15, 0.2) is 49.1 Å². The smallest absolute Gasteiger partial charge is 0.249 e. The molecule has 8 atom stereocenters. The number of likely N-dealkylation sites (N-methyl/N-ethyl adjacent to an activating group) is 2. The van der Waals surface area contributed by atoms with Gasteiger partial charge in [-0.1, -0.05) is 12.1 Å². The second kappa shape index (κ2) is 8.91. The maximum Gasteiger partial charge on any atom is 0.249 e. The average Bonchev–Trinajstić information content (AvgIpc) is 3.74. The standard InChI is InChI=1S/2C17H18N4O2/c2*1-15(10-18)8-17-9-16(2,20(3)14(17)23)13(22)21(17)12(15)11-5-4-6-19-7-11/h2*4-7,12H,8-9H2,1-3H3/t2*12?,15-,16?,17+/m10/s1. The first-order valence-corrected chi connectivity index (χ1v) is 15.5. The highest BCUT2D eigenvalue weighted by atomic mass is 16.2. The van der Waals surface area contributed by atoms with Crippen molar-refractivity contribution in [2.24, 2.45) is 10.8 Å². The van der Waals surface area contributed by atoms with Crippen molar-refractivity contribution >= 4 is 23.6 Å². The molecule has 2 aromatic heterocycles. The first kappa shape index (κ1) is 29.8. The van der Waals surface area contributed by atoms with E-state index in [4.69, 9.17) is 0 Å². The molecular weight excluding hydrogens is 584 g/mol. The van der Waals surface area contributed by atoms with Gasteiger partial charge in [-0.3, -0.25) is 29.1 Å². The highest BCUT2D eigenvalue weighted by Gasteiger charge is 2.79. The van der Waals surface area contributed by atoms with Gasteiger partial charge in [-0.25, -0.2) is 0 Å². The molecule has 4 amide bonds. The molecule has 6 aliphatic heterocycles. The second-order valence-electron chi connectivity index (χ2n) is 14.8. The van der Waals surface area contributed by atoms with Crippen LogP contribution in [-0.2, 0) is 19.2 Å². The third-order valence-corrected chi connectivity index (χ3v) is 12.0. The maximum atomic E-state index is 13.1. The predicted octanol–water partition coefficient (Wildman–Crippen LogP) is 2.52. The topological polar surface area (TPSA) is 155 Å². The Morgan fingerprint density at radius 1 is 0.652 bits per heavy atom. The van der Waals surface area contributed by atoms with E-state index >= 15 is 0 Å². The largest absolute Gasteiger partial charge is 0.329 e. The number of carbonyl (C=O) groups excluding carboxylic acids is 4. The monoisotopic (exact) mass is 620 g/mol. The zero-order valence-corrected chi connectivity index (χ0v) is 26.8. The van der Waals surface area contributed by atoms with Gasteiger partial charge in [0, 0.05) is 64.6 Å². The lowest BCUT2D eigenvalue weighted by Crippen LogP contribution is -2.60. The minimum Gasteiger partial charge on any atom is -0.329 e. The van der Waals surface area contributed by atoms with Gasteiger partial charge in [0.1, 0.15) is 22.2 Å². The lowest BCUT2D eigenvalue weighted by atomic mass is 9.76. The van der Waals surface area contributed by atoms with Crippen LogP contribution in [0.4, 0.5) is 0 Å². The molecule has 6 saturated heterocycles. The molecule has 0 aromatic carbocycles. The van der Waals surface area contributed by atoms with Crippen LogP contribution in [0.5, 0.6) is 0 Å². The number of nitrogens with zero attached hydrogens (tertiary/aromatic N) is 8. The van der Waals surface area contributed by atoms with Crippen LogP contribution in [-0.4, -0.2) is 89.4 Å². The van der Waals surface area contributed by atoms with Crippen molar-refractivity contribution in [1.82, 2.24) is 29.6 Å². The summed E-state index contributed by atoms with van der Waals surface area (Å²) < 4.78 is 0. The summed E-state index contributed by atoms with van der Waals surface area (Å²) in [5.74, 6) is -0.222. The summed E-state index contributed by atoms with van der Waals surface area (Å²) in [5.41, 5.74) is -3.34. The van der Waals surface area contributed by atoms with Crippen molar-refractivity contribution in [2.75, 3.05) is 14.1 Å². The lowest BCUT2D eigenvalue weighted by molar-refractivity contribution is -0.159. The van der Waals surface area contributed by atoms with Crippen LogP contribution in [0.25, 0.3) is 0 Å². The maximum absolute atomic E-state index is 13.1. The number of carbonyl (C=O) groups is 4. The van der Waals surface area contributed by atoms with E-state index in [-0.39, 0.29) is 23.6 Å². The van der Waals surface area contributed by atoms with Crippen LogP contribution < -0.4 is 0 Å². The van der Waals surface area contributed by atoms with Crippen LogP contribution in [0.1, 0.15) is 76.6 Å². The molecular formula is C34H36N8O4. The molecule has 4 unspecified atom stereocenters. The Morgan fingerprint density at radius 3 is 1.33 bits per heavy atom. The van der Waals surface area contributed by atoms with Crippen LogP contribution in [0, 0.1) is 33.5 Å². The molecule has 2 aromatic rings. The van der Waals surface area contributed by atoms with Gasteiger partial charge in [-0.15, -0.1) is 0 Å². The molecule has 0 N–H and O–H groups in total. The SMILES string of the molecule is CN1C(=O)[C@@]23CC1(C)C(=O)N2C(c1cccnc1)[C@](C)(C#N)C3.CN1C(=O)[C@]23CC1(C)C(=O)N2C(c1cccnc1)[C@@](C)(C#N)C3. The van der Waals surface area contributed by atoms with Crippen LogP contribution in [0.3, 0.4) is 0 Å². The van der Waals surface area contributed by atoms with Gasteiger partial charge in [0.05, 0.1) is 35.1 Å². The minimum atomic E-state index is -0.883. The van der Waals surface area contributed by atoms with Gasteiger partial charge in [0.2, 0.25) is 23.6 Å². The molecule has 2 spiro atoms. The van der Waals surface area contributed by atoms with E-state index in [0.717, 1.165) is 11.1 Å². The summed E-state index contributed by atoms with van der Waals surface area (Å²) in [6, 6.07) is 11.2. The fourth-order valence-corrected chi connectivity index (χ4v) is 9.79. The first-order chi connectivity index (χ1) is 21.6. The predicted molar refractivity (Wildman–Crippen MR) is 161 cm³/mol. The molecule has 6 aliphatic rings. The summed E-state index contributed by atoms with van der Waals surface area (Å²) in [6.45, 7) is 7.33. The van der Waals surface area contributed by atoms with Gasteiger partial charge < -0.3 is 19.6 Å². The number of hydrogen-bond donors (Lipinski definition) is 0. The van der Waals surface area contributed by atoms with E-state index in [1.807, 2.05) is 39.8 Å². The van der Waals surface area contributed by atoms with Gasteiger partial charge in [0.15, 0.2) is 0 Å². The van der Waals surface area contributed by atoms with Crippen molar-refractivity contribution in [3.8, 4) is 12.1 Å². The Morgan fingerprint density at radius 2 is 1.02 bits per heavy atom. The highest BCUT2D eigenvalue weighted by molar-refractivity contribution is 6.08. The highest BCUT2D eigenvalue weighted by Crippen LogP contribution is 2.65. The fourth-order valence-electron chi connectivity index (χ4n) is 9.79. The zero-order chi connectivity index (χ0) is 33.2. The molecule has 6 fully saturated rings. The Labute approximate surface area is 267 Å². The molecule has 0 aliphatic carbocycles. The van der Waals surface area contributed by atoms with Gasteiger partial charge in [-0.05, 0) is 51.0 Å². The van der Waals surface area contributed by atoms with Crippen LogP contribution in [0.2, 0.25) is 0 Å². The summed E-state index contributed by atoms with van der Waals surface area (Å²) in [5, 5.41) is 19.6. The summed E-state index contributed by atoms with van der Waals surface area (Å²) in [7, 11) is 3.38. The van der Waals surface area contributed by atoms with Crippen molar-refractivity contribution in [3.05, 3.63) is 60.2 Å². The number of aromatic nitrogens is 2. The van der Waals surface area contributed by atoms with Crippen molar-refractivity contribution < 1.29 is 19.2 Å². The third kappa shape index (κ3) is 3.22. The lowest BCUT2D eigenvalue weighted by Gasteiger charge is -2.41. The van der Waals surface area contributed by atoms with Crippen LogP contribution >= 0.6 is 0 Å². The minimum absolute atomic E-state index is 0.0486. The second-order valence-corrected chi connectivity index (χ2v) is 14.8. The molecule has 12 nitrogen and oxygen atoms in total. The van der Waals surface area contributed by atoms with Crippen molar-refractivity contribution in [3.63, 3.8) is 0 Å². The number of fused-ring (bicyclic) bond motifs is 2. The number of rotatable bonds is 2. The van der Waals surface area contributed by atoms with E-state index in [0.29, 0.717) is 25.7 Å². The first-order valence-electron chi connectivity index (χ1n) is 15.5. The molecule has 4 bridgehead atoms. The summed E-state index contributed by atoms with van der Waals surface area (Å²) in [4.78, 5) is 66.8. The Kier molecular flexibility index (Phi) is 5.78. The quantitative estimate of drug-likeness (QED) is 0.496. The number of pyridine rings is 2. The van der Waals surface area contributed by atoms with E-state index in [1.54, 1.807) is 70.6 Å². The average molecular weight is 621 g/mol. The summed E-state index contributed by atoms with van der Waals surface area (Å²) in [6.07, 6.45) is 8.38. The Balaban J connectivity index is 0.000000147. The van der Waals surface area contributed by atoms with Gasteiger partial charge in [0.25, 0.3) is 0 Å². The molecule has 0 radical (unpaired) electrons. The fraction of sp³-hybridized carbons (Fsp3) is 0.529.